The largest absolute Gasteiger partial charge is 0.378 e. The van der Waals surface area contributed by atoms with Crippen molar-refractivity contribution in [3.63, 3.8) is 0 Å². The minimum Gasteiger partial charge on any atom is -0.361 e. The van der Waals surface area contributed by atoms with Crippen molar-refractivity contribution < 1.29 is 22.7 Å². The molecule has 0 amide bonds. The van der Waals surface area contributed by atoms with E-state index in [4.69, 9.17) is 4.74 Å². The molecule has 1 saturated heterocycles. The summed E-state index contributed by atoms with van der Waals surface area (Å²) in [6.07, 6.45) is 1.12. The summed E-state index contributed by atoms with van der Waals surface area (Å²) in [7, 11) is -3.37. The van der Waals surface area contributed by atoms with Crippen molar-refractivity contribution in [3.8, 4) is 0 Å². The second-order valence-corrected chi connectivity index (χ2v) is 8.75. The van der Waals surface area contributed by atoms with Gasteiger partial charge in [0.1, 0.15) is 5.60 Å². The number of benzene rings is 2. The van der Waals surface area contributed by atoms with Gasteiger partial charge in [-0.05, 0) is 26.0 Å². The van der Waals surface area contributed by atoms with E-state index in [0.717, 1.165) is 6.26 Å². The van der Waals surface area contributed by atoms with Gasteiger partial charge in [0.05, 0.1) is 4.90 Å². The predicted molar refractivity (Wildman–Crippen MR) is 95.6 cm³/mol. The second kappa shape index (κ2) is 5.99. The molecule has 3 rings (SSSR count). The van der Waals surface area contributed by atoms with Gasteiger partial charge in [-0.2, -0.15) is 4.79 Å². The molecule has 0 radical (unpaired) electrons. The first-order valence-electron chi connectivity index (χ1n) is 7.96. The fourth-order valence-electron chi connectivity index (χ4n) is 3.21. The topological polar surface area (TPSA) is 96.8 Å². The number of ketones is 1. The molecule has 2 aromatic rings. The lowest BCUT2D eigenvalue weighted by Crippen LogP contribution is -2.37. The monoisotopic (exact) mass is 370 g/mol. The fourth-order valence-corrected chi connectivity index (χ4v) is 3.84. The molecular formula is C19H18N2O4S. The number of hydrogen-bond donors (Lipinski definition) is 0. The highest BCUT2D eigenvalue weighted by molar-refractivity contribution is 7.90. The number of Topliss-reactive ketones (excluding diaryl/α,β-unsaturated/α-hetero) is 1. The minimum absolute atomic E-state index is 0.138. The summed E-state index contributed by atoms with van der Waals surface area (Å²) in [5, 5.41) is 0. The van der Waals surface area contributed by atoms with Gasteiger partial charge in [0.25, 0.3) is 5.78 Å². The standard InChI is InChI=1S/C19H18N2O4S/c1-18(2)17(22)16(21-20)19(25-18,13-7-5-4-6-8-13)14-9-11-15(12-10-14)26(3,23)24/h4-12H,1-3H3. The highest BCUT2D eigenvalue weighted by atomic mass is 32.2. The van der Waals surface area contributed by atoms with E-state index in [0.29, 0.717) is 11.1 Å². The molecule has 1 heterocycles. The summed E-state index contributed by atoms with van der Waals surface area (Å²) in [4.78, 5) is 16.1. The smallest absolute Gasteiger partial charge is 0.361 e. The number of ether oxygens (including phenoxy) is 1. The molecule has 1 aliphatic rings. The number of hydrogen-bond acceptors (Lipinski definition) is 4. The molecule has 2 aromatic carbocycles. The van der Waals surface area contributed by atoms with Crippen LogP contribution in [-0.4, -0.2) is 36.6 Å². The average Bonchev–Trinajstić information content (AvgIpc) is 2.82. The summed E-state index contributed by atoms with van der Waals surface area (Å²) < 4.78 is 29.6. The van der Waals surface area contributed by atoms with Gasteiger partial charge >= 0.3 is 5.71 Å². The van der Waals surface area contributed by atoms with E-state index in [1.165, 1.54) is 12.1 Å². The first kappa shape index (κ1) is 18.2. The molecule has 0 aromatic heterocycles. The molecule has 1 aliphatic heterocycles. The lowest BCUT2D eigenvalue weighted by Gasteiger charge is -2.28. The molecular weight excluding hydrogens is 352 g/mol. The Morgan fingerprint density at radius 3 is 2.00 bits per heavy atom. The molecule has 0 bridgehead atoms. The van der Waals surface area contributed by atoms with Crippen LogP contribution in [0.15, 0.2) is 59.5 Å². The Morgan fingerprint density at radius 1 is 0.962 bits per heavy atom. The van der Waals surface area contributed by atoms with Gasteiger partial charge in [0, 0.05) is 17.4 Å². The van der Waals surface area contributed by atoms with Gasteiger partial charge in [0.15, 0.2) is 9.84 Å². The lowest BCUT2D eigenvalue weighted by molar-refractivity contribution is -0.132. The van der Waals surface area contributed by atoms with Crippen LogP contribution in [0.1, 0.15) is 25.0 Å². The predicted octanol–water partition coefficient (Wildman–Crippen LogP) is 2.38. The summed E-state index contributed by atoms with van der Waals surface area (Å²) >= 11 is 0. The SMILES string of the molecule is CC1(C)OC(c2ccccc2)(c2ccc(S(C)(=O)=O)cc2)C(=[N+]=[N-])C1=O. The van der Waals surface area contributed by atoms with Gasteiger partial charge in [-0.25, -0.2) is 8.42 Å². The van der Waals surface area contributed by atoms with E-state index in [2.05, 4.69) is 4.79 Å². The van der Waals surface area contributed by atoms with Crippen molar-refractivity contribution in [2.24, 2.45) is 0 Å². The number of rotatable bonds is 3. The van der Waals surface area contributed by atoms with E-state index in [9.17, 15) is 18.7 Å². The van der Waals surface area contributed by atoms with Crippen LogP contribution in [0.25, 0.3) is 5.53 Å². The van der Waals surface area contributed by atoms with Crippen molar-refractivity contribution in [1.29, 1.82) is 0 Å². The second-order valence-electron chi connectivity index (χ2n) is 6.73. The average molecular weight is 370 g/mol. The quantitative estimate of drug-likeness (QED) is 0.612. The Morgan fingerprint density at radius 2 is 1.50 bits per heavy atom. The maximum atomic E-state index is 12.7. The molecule has 1 unspecified atom stereocenters. The van der Waals surface area contributed by atoms with E-state index in [-0.39, 0.29) is 10.6 Å². The molecule has 7 heteroatoms. The van der Waals surface area contributed by atoms with Gasteiger partial charge in [-0.3, -0.25) is 4.79 Å². The lowest BCUT2D eigenvalue weighted by atomic mass is 9.81. The van der Waals surface area contributed by atoms with Crippen LogP contribution in [0.2, 0.25) is 0 Å². The third-order valence-corrected chi connectivity index (χ3v) is 5.60. The summed E-state index contributed by atoms with van der Waals surface area (Å²) in [5.41, 5.74) is 7.95. The third-order valence-electron chi connectivity index (χ3n) is 4.47. The van der Waals surface area contributed by atoms with E-state index in [1.807, 2.05) is 6.07 Å². The summed E-state index contributed by atoms with van der Waals surface area (Å²) in [6.45, 7) is 3.21. The van der Waals surface area contributed by atoms with E-state index < -0.39 is 26.8 Å². The number of nitrogens with zero attached hydrogens (tertiary/aromatic N) is 2. The molecule has 0 spiro atoms. The van der Waals surface area contributed by atoms with Crippen molar-refractivity contribution in [1.82, 2.24) is 0 Å². The third kappa shape index (κ3) is 2.70. The highest BCUT2D eigenvalue weighted by Gasteiger charge is 2.64. The molecule has 26 heavy (non-hydrogen) atoms. The maximum absolute atomic E-state index is 12.7. The Hall–Kier alpha value is -2.60. The maximum Gasteiger partial charge on any atom is 0.378 e. The molecule has 0 saturated carbocycles. The summed E-state index contributed by atoms with van der Waals surface area (Å²) in [6, 6.07) is 15.0. The Balaban J connectivity index is 2.31. The number of carbonyl (C=O) groups is 1. The van der Waals surface area contributed by atoms with Crippen LogP contribution >= 0.6 is 0 Å². The molecule has 1 fully saturated rings. The Labute approximate surface area is 152 Å². The van der Waals surface area contributed by atoms with Crippen LogP contribution in [-0.2, 0) is 25.0 Å². The van der Waals surface area contributed by atoms with E-state index in [1.54, 1.807) is 50.2 Å². The van der Waals surface area contributed by atoms with Crippen LogP contribution < -0.4 is 0 Å². The molecule has 0 aliphatic carbocycles. The van der Waals surface area contributed by atoms with Gasteiger partial charge < -0.3 is 10.3 Å². The van der Waals surface area contributed by atoms with Crippen LogP contribution in [0.5, 0.6) is 0 Å². The van der Waals surface area contributed by atoms with Crippen LogP contribution in [0.4, 0.5) is 0 Å². The van der Waals surface area contributed by atoms with Gasteiger partial charge in [0.2, 0.25) is 5.60 Å². The van der Waals surface area contributed by atoms with Crippen LogP contribution in [0, 0.1) is 0 Å². The Kier molecular flexibility index (Phi) is 4.19. The molecule has 1 atom stereocenters. The minimum atomic E-state index is -3.37. The van der Waals surface area contributed by atoms with Crippen molar-refractivity contribution in [2.75, 3.05) is 6.26 Å². The zero-order valence-electron chi connectivity index (χ0n) is 14.6. The molecule has 6 nitrogen and oxygen atoms in total. The van der Waals surface area contributed by atoms with Crippen molar-refractivity contribution in [2.45, 2.75) is 29.9 Å². The van der Waals surface area contributed by atoms with Crippen LogP contribution in [0.3, 0.4) is 0 Å². The van der Waals surface area contributed by atoms with E-state index >= 15 is 0 Å². The van der Waals surface area contributed by atoms with Crippen molar-refractivity contribution in [3.05, 3.63) is 71.3 Å². The number of sulfone groups is 1. The first-order chi connectivity index (χ1) is 12.1. The fraction of sp³-hybridized carbons (Fsp3) is 0.263. The van der Waals surface area contributed by atoms with Crippen molar-refractivity contribution >= 4 is 21.3 Å². The Bertz CT molecular complexity index is 1020. The first-order valence-corrected chi connectivity index (χ1v) is 9.86. The summed E-state index contributed by atoms with van der Waals surface area (Å²) in [5.74, 6) is -0.434. The highest BCUT2D eigenvalue weighted by Crippen LogP contribution is 2.44. The molecule has 0 N–H and O–H groups in total. The number of carbonyl (C=O) groups excluding carboxylic acids is 1. The molecule has 134 valence electrons. The normalized spacial score (nSPS) is 22.3. The zero-order chi connectivity index (χ0) is 19.2. The van der Waals surface area contributed by atoms with Gasteiger partial charge in [-0.15, -0.1) is 0 Å². The van der Waals surface area contributed by atoms with Gasteiger partial charge in [-0.1, -0.05) is 42.5 Å². The zero-order valence-corrected chi connectivity index (χ0v) is 15.4.